The summed E-state index contributed by atoms with van der Waals surface area (Å²) in [7, 11) is -2.24. The Morgan fingerprint density at radius 3 is 2.14 bits per heavy atom. The zero-order chi connectivity index (χ0) is 35.9. The Morgan fingerprint density at radius 1 is 0.898 bits per heavy atom. The number of aryl methyl sites for hydroxylation is 4. The van der Waals surface area contributed by atoms with Gasteiger partial charge in [-0.15, -0.1) is 0 Å². The lowest BCUT2D eigenvalue weighted by Gasteiger charge is -2.30. The number of carbonyl (C=O) groups excluding carboxylic acids is 2. The molecule has 0 radical (unpaired) electrons. The molecule has 0 aliphatic carbocycles. The summed E-state index contributed by atoms with van der Waals surface area (Å²) in [5, 5.41) is 11.7. The van der Waals surface area contributed by atoms with Crippen molar-refractivity contribution in [2.24, 2.45) is 11.8 Å². The molecule has 0 aliphatic rings. The molecule has 1 aromatic heterocycles. The van der Waals surface area contributed by atoms with Gasteiger partial charge < -0.3 is 14.4 Å². The first-order valence-corrected chi connectivity index (χ1v) is 18.3. The van der Waals surface area contributed by atoms with Gasteiger partial charge in [0.05, 0.1) is 17.5 Å². The number of amides is 1. The molecule has 10 heteroatoms. The van der Waals surface area contributed by atoms with E-state index in [1.165, 1.54) is 9.21 Å². The largest absolute Gasteiger partial charge is 0.446 e. The highest BCUT2D eigenvalue weighted by Crippen LogP contribution is 2.25. The monoisotopic (exact) mass is 687 g/mol. The van der Waals surface area contributed by atoms with Crippen LogP contribution in [0.3, 0.4) is 0 Å². The highest BCUT2D eigenvalue weighted by atomic mass is 32.2. The van der Waals surface area contributed by atoms with Gasteiger partial charge in [-0.05, 0) is 85.5 Å². The van der Waals surface area contributed by atoms with Gasteiger partial charge in [0.25, 0.3) is 5.91 Å². The summed E-state index contributed by atoms with van der Waals surface area (Å²) in [5.41, 5.74) is 4.10. The summed E-state index contributed by atoms with van der Waals surface area (Å²) in [5.74, 6) is 0.0821. The average Bonchev–Trinajstić information content (AvgIpc) is 3.38. The van der Waals surface area contributed by atoms with E-state index in [0.29, 0.717) is 34.9 Å². The summed E-state index contributed by atoms with van der Waals surface area (Å²) in [6.45, 7) is 11.6. The summed E-state index contributed by atoms with van der Waals surface area (Å²) >= 11 is 0. The normalized spacial score (nSPS) is 13.1. The minimum atomic E-state index is -3.92. The molecular weight excluding hydrogens is 639 g/mol. The molecule has 3 aromatic carbocycles. The Hall–Kier alpha value is -4.12. The average molecular weight is 688 g/mol. The molecular formula is C39H49N3O6S. The van der Waals surface area contributed by atoms with Crippen LogP contribution in [0.5, 0.6) is 0 Å². The fraction of sp³-hybridized carbons (Fsp3) is 0.410. The van der Waals surface area contributed by atoms with Gasteiger partial charge in [-0.1, -0.05) is 63.2 Å². The predicted molar refractivity (Wildman–Crippen MR) is 191 cm³/mol. The van der Waals surface area contributed by atoms with E-state index in [1.54, 1.807) is 51.2 Å². The number of rotatable bonds is 16. The third-order valence-electron chi connectivity index (χ3n) is 8.64. The van der Waals surface area contributed by atoms with Gasteiger partial charge in [0, 0.05) is 44.6 Å². The van der Waals surface area contributed by atoms with Crippen molar-refractivity contribution in [1.29, 1.82) is 0 Å². The second kappa shape index (κ2) is 16.5. The number of aromatic nitrogens is 1. The first kappa shape index (κ1) is 37.7. The summed E-state index contributed by atoms with van der Waals surface area (Å²) in [6, 6.07) is 21.5. The molecule has 262 valence electrons. The number of hydrogen-bond acceptors (Lipinski definition) is 7. The number of Topliss-reactive ketones (excluding diaryl/α,β-unsaturated/α-hetero) is 1. The lowest BCUT2D eigenvalue weighted by molar-refractivity contribution is 0.0689. The van der Waals surface area contributed by atoms with Crippen molar-refractivity contribution in [3.63, 3.8) is 0 Å². The van der Waals surface area contributed by atoms with E-state index >= 15 is 0 Å². The maximum atomic E-state index is 13.9. The molecule has 4 aromatic rings. The molecule has 1 heterocycles. The van der Waals surface area contributed by atoms with E-state index < -0.39 is 22.0 Å². The molecule has 9 nitrogen and oxygen atoms in total. The Labute approximate surface area is 291 Å². The maximum absolute atomic E-state index is 13.9. The third-order valence-corrected chi connectivity index (χ3v) is 10.5. The Balaban J connectivity index is 1.59. The third kappa shape index (κ3) is 9.97. The smallest absolute Gasteiger partial charge is 0.253 e. The van der Waals surface area contributed by atoms with Gasteiger partial charge in [0.15, 0.2) is 11.7 Å². The van der Waals surface area contributed by atoms with E-state index in [0.717, 1.165) is 23.1 Å². The molecule has 49 heavy (non-hydrogen) atoms. The molecule has 1 amide bonds. The molecule has 0 unspecified atom stereocenters. The number of benzene rings is 3. The summed E-state index contributed by atoms with van der Waals surface area (Å²) in [4.78, 5) is 33.5. The summed E-state index contributed by atoms with van der Waals surface area (Å²) < 4.78 is 34.6. The minimum Gasteiger partial charge on any atom is -0.446 e. The van der Waals surface area contributed by atoms with Crippen molar-refractivity contribution in [3.8, 4) is 0 Å². The zero-order valence-electron chi connectivity index (χ0n) is 29.6. The minimum absolute atomic E-state index is 0.00436. The fourth-order valence-electron chi connectivity index (χ4n) is 6.00. The lowest BCUT2D eigenvalue weighted by Crippen LogP contribution is -2.43. The van der Waals surface area contributed by atoms with Crippen molar-refractivity contribution < 1.29 is 27.5 Å². The number of aliphatic hydroxyl groups excluding tert-OH is 1. The van der Waals surface area contributed by atoms with Gasteiger partial charge in [-0.25, -0.2) is 13.4 Å². The van der Waals surface area contributed by atoms with Gasteiger partial charge >= 0.3 is 0 Å². The van der Waals surface area contributed by atoms with E-state index in [9.17, 15) is 23.1 Å². The number of nitrogens with zero attached hydrogens (tertiary/aromatic N) is 3. The van der Waals surface area contributed by atoms with E-state index in [4.69, 9.17) is 4.42 Å². The summed E-state index contributed by atoms with van der Waals surface area (Å²) in [6.07, 6.45) is -0.0230. The SMILES string of the molecule is CCc1ccc(S(=O)(=O)N(CC(C)C)C[C@@H](O)[C@@H](CC(=O)c2cc(C)cc(C(=O)N(C)Cc3nc(C)oc3C)c2)Cc2ccccc2)cc1. The van der Waals surface area contributed by atoms with Crippen LogP contribution in [0.4, 0.5) is 0 Å². The second-order valence-electron chi connectivity index (χ2n) is 13.3. The van der Waals surface area contributed by atoms with Crippen LogP contribution in [0.15, 0.2) is 82.1 Å². The van der Waals surface area contributed by atoms with Crippen LogP contribution >= 0.6 is 0 Å². The van der Waals surface area contributed by atoms with Crippen LogP contribution in [-0.4, -0.2) is 65.6 Å². The standard InChI is InChI=1S/C39H49N3O6S/c1-8-30-14-16-35(17-15-30)49(46,47)42(23-26(2)3)25-38(44)33(20-31-12-10-9-11-13-31)22-37(43)32-18-27(4)19-34(21-32)39(45)41(7)24-36-28(5)48-29(6)40-36/h9-19,21,26,33,38,44H,8,20,22-25H2,1-7H3/t33-,38-/m1/s1. The fourth-order valence-corrected chi connectivity index (χ4v) is 7.62. The Bertz CT molecular complexity index is 1830. The quantitative estimate of drug-likeness (QED) is 0.132. The van der Waals surface area contributed by atoms with Crippen LogP contribution in [0.2, 0.25) is 0 Å². The first-order valence-electron chi connectivity index (χ1n) is 16.8. The van der Waals surface area contributed by atoms with E-state index in [2.05, 4.69) is 4.98 Å². The van der Waals surface area contributed by atoms with Gasteiger partial charge in [0.1, 0.15) is 11.5 Å². The molecule has 0 bridgehead atoms. The van der Waals surface area contributed by atoms with Crippen molar-refractivity contribution >= 4 is 21.7 Å². The molecule has 0 saturated heterocycles. The molecule has 2 atom stereocenters. The van der Waals surface area contributed by atoms with Crippen LogP contribution in [0.25, 0.3) is 0 Å². The topological polar surface area (TPSA) is 121 Å². The highest BCUT2D eigenvalue weighted by Gasteiger charge is 2.32. The number of aliphatic hydroxyl groups is 1. The number of oxazole rings is 1. The molecule has 1 N–H and O–H groups in total. The van der Waals surface area contributed by atoms with Crippen LogP contribution < -0.4 is 0 Å². The van der Waals surface area contributed by atoms with Gasteiger partial charge in [0.2, 0.25) is 10.0 Å². The molecule has 0 saturated carbocycles. The zero-order valence-corrected chi connectivity index (χ0v) is 30.5. The van der Waals surface area contributed by atoms with Crippen molar-refractivity contribution in [2.75, 3.05) is 20.1 Å². The highest BCUT2D eigenvalue weighted by molar-refractivity contribution is 7.89. The molecule has 4 rings (SSSR count). The molecule has 0 fully saturated rings. The number of ketones is 1. The van der Waals surface area contributed by atoms with Crippen molar-refractivity contribution in [1.82, 2.24) is 14.2 Å². The number of carbonyl (C=O) groups is 2. The van der Waals surface area contributed by atoms with Gasteiger partial charge in [-0.3, -0.25) is 9.59 Å². The van der Waals surface area contributed by atoms with Gasteiger partial charge in [-0.2, -0.15) is 4.31 Å². The number of sulfonamides is 1. The van der Waals surface area contributed by atoms with Crippen molar-refractivity contribution in [2.45, 2.75) is 78.3 Å². The van der Waals surface area contributed by atoms with Crippen LogP contribution in [-0.2, 0) is 29.4 Å². The number of hydrogen-bond donors (Lipinski definition) is 1. The first-order chi connectivity index (χ1) is 23.2. The Kier molecular flexibility index (Phi) is 12.7. The Morgan fingerprint density at radius 2 is 1.55 bits per heavy atom. The maximum Gasteiger partial charge on any atom is 0.253 e. The lowest BCUT2D eigenvalue weighted by atomic mass is 9.87. The van der Waals surface area contributed by atoms with Crippen LogP contribution in [0.1, 0.15) is 81.9 Å². The van der Waals surface area contributed by atoms with E-state index in [1.807, 2.05) is 70.2 Å². The second-order valence-corrected chi connectivity index (χ2v) is 15.3. The molecule has 0 aliphatic heterocycles. The predicted octanol–water partition coefficient (Wildman–Crippen LogP) is 6.57. The van der Waals surface area contributed by atoms with E-state index in [-0.39, 0.29) is 48.6 Å². The molecule has 0 spiro atoms. The van der Waals surface area contributed by atoms with Crippen molar-refractivity contribution in [3.05, 3.63) is 118 Å². The van der Waals surface area contributed by atoms with Crippen LogP contribution in [0, 0.1) is 32.6 Å².